The Kier molecular flexibility index (Phi) is 7.63. The Morgan fingerprint density at radius 3 is 2.09 bits per heavy atom. The lowest BCUT2D eigenvalue weighted by Crippen LogP contribution is -2.35. The van der Waals surface area contributed by atoms with Gasteiger partial charge in [-0.25, -0.2) is 38.9 Å². The zero-order valence-electron chi connectivity index (χ0n) is 22.0. The summed E-state index contributed by atoms with van der Waals surface area (Å²) in [7, 11) is 0. The van der Waals surface area contributed by atoms with Crippen LogP contribution in [0.3, 0.4) is 0 Å². The number of thiol groups is 1. The normalized spacial score (nSPS) is 38.3. The van der Waals surface area contributed by atoms with E-state index in [1.165, 1.54) is 34.4 Å². The van der Waals surface area contributed by atoms with Gasteiger partial charge in [0.1, 0.15) is 54.2 Å². The number of aliphatic hydroxyl groups is 1. The number of ether oxygens (including phenoxy) is 2. The van der Waals surface area contributed by atoms with Crippen LogP contribution in [0.15, 0.2) is 25.3 Å². The fraction of sp³-hybridized carbons (Fsp3) is 0.500. The molecule has 3 aliphatic rings. The Bertz CT molecular complexity index is 1840. The molecule has 19 nitrogen and oxygen atoms in total. The molecule has 0 radical (unpaired) electrons. The first kappa shape index (κ1) is 30.2. The van der Waals surface area contributed by atoms with Gasteiger partial charge in [0.2, 0.25) is 0 Å². The van der Waals surface area contributed by atoms with Crippen molar-refractivity contribution in [3.05, 3.63) is 25.3 Å². The van der Waals surface area contributed by atoms with E-state index in [1.807, 2.05) is 0 Å². The molecule has 236 valence electrons. The molecule has 0 saturated carbocycles. The van der Waals surface area contributed by atoms with Crippen molar-refractivity contribution in [1.29, 1.82) is 0 Å². The van der Waals surface area contributed by atoms with Crippen LogP contribution >= 0.6 is 25.8 Å². The van der Waals surface area contributed by atoms with Crippen molar-refractivity contribution in [3.63, 3.8) is 0 Å². The number of nitrogens with zero attached hydrogens (tertiary/aromatic N) is 8. The monoisotopic (exact) mass is 692 g/mol. The summed E-state index contributed by atoms with van der Waals surface area (Å²) in [4.78, 5) is 35.3. The third-order valence-corrected chi connectivity index (χ3v) is 10.4. The molecule has 3 aliphatic heterocycles. The maximum atomic E-state index is 16.0. The van der Waals surface area contributed by atoms with Crippen LogP contribution in [-0.4, -0.2) is 98.9 Å². The molecule has 3 fully saturated rings. The van der Waals surface area contributed by atoms with Crippen molar-refractivity contribution >= 4 is 71.5 Å². The second kappa shape index (κ2) is 11.1. The van der Waals surface area contributed by atoms with Gasteiger partial charge in [-0.2, -0.15) is 0 Å². The molecule has 0 amide bonds. The van der Waals surface area contributed by atoms with Gasteiger partial charge >= 0.3 is 13.5 Å². The fourth-order valence-electron chi connectivity index (χ4n) is 5.19. The first-order chi connectivity index (χ1) is 20.9. The predicted octanol–water partition coefficient (Wildman–Crippen LogP) is 0.396. The summed E-state index contributed by atoms with van der Waals surface area (Å²) in [6.07, 6.45) is -6.71. The minimum Gasteiger partial charge on any atom is -0.387 e. The summed E-state index contributed by atoms with van der Waals surface area (Å²) in [5.74, 6) is 0.150. The summed E-state index contributed by atoms with van der Waals surface area (Å²) >= 11 is 9.25. The van der Waals surface area contributed by atoms with Gasteiger partial charge in [0.25, 0.3) is 0 Å². The third kappa shape index (κ3) is 5.27. The van der Waals surface area contributed by atoms with Crippen LogP contribution in [-0.2, 0) is 43.9 Å². The number of rotatable bonds is 2. The van der Waals surface area contributed by atoms with Crippen molar-refractivity contribution in [2.24, 2.45) is 0 Å². The molecule has 3 saturated heterocycles. The van der Waals surface area contributed by atoms with E-state index in [0.717, 1.165) is 0 Å². The van der Waals surface area contributed by atoms with E-state index in [-0.39, 0.29) is 34.0 Å². The Morgan fingerprint density at radius 2 is 1.45 bits per heavy atom. The molecular weight excluding hydrogens is 669 g/mol. The molecule has 44 heavy (non-hydrogen) atoms. The quantitative estimate of drug-likeness (QED) is 0.141. The Morgan fingerprint density at radius 1 is 0.886 bits per heavy atom. The van der Waals surface area contributed by atoms with E-state index in [2.05, 4.69) is 42.2 Å². The number of fused-ring (bicyclic) bond motifs is 5. The highest BCUT2D eigenvalue weighted by atomic mass is 32.7. The maximum Gasteiger partial charge on any atom is 0.386 e. The molecular formula is C20H23FN10O9P2S2. The van der Waals surface area contributed by atoms with Crippen molar-refractivity contribution < 1.29 is 46.5 Å². The van der Waals surface area contributed by atoms with Gasteiger partial charge in [-0.1, -0.05) is 12.2 Å². The SMILES string of the molecule is Nc1ncnc2c1ncn2[C@@H]1O[C@@H]2COP(=O)(S)O[C@@H]3[C@H](O)[C@@H](COP(O)(=S)O[C@H]2[C@H]1F)O[C@H]3n1cnc2c(N)ncnc21. The number of alkyl halides is 1. The predicted molar refractivity (Wildman–Crippen MR) is 153 cm³/mol. The molecule has 24 heteroatoms. The maximum absolute atomic E-state index is 16.0. The largest absolute Gasteiger partial charge is 0.387 e. The van der Waals surface area contributed by atoms with E-state index in [9.17, 15) is 14.6 Å². The van der Waals surface area contributed by atoms with Crippen LogP contribution in [0, 0.1) is 0 Å². The van der Waals surface area contributed by atoms with Gasteiger partial charge in [-0.05, 0) is 11.8 Å². The summed E-state index contributed by atoms with van der Waals surface area (Å²) in [5.41, 5.74) is 12.6. The first-order valence-electron chi connectivity index (χ1n) is 12.7. The van der Waals surface area contributed by atoms with E-state index < -0.39 is 75.9 Å². The van der Waals surface area contributed by atoms with Gasteiger partial charge in [-0.15, -0.1) is 0 Å². The van der Waals surface area contributed by atoms with Crippen LogP contribution in [0.2, 0.25) is 0 Å². The minimum atomic E-state index is -4.34. The second-order valence-electron chi connectivity index (χ2n) is 9.90. The topological polar surface area (TPSA) is 252 Å². The first-order valence-corrected chi connectivity index (χ1v) is 18.0. The van der Waals surface area contributed by atoms with Crippen LogP contribution in [0.5, 0.6) is 0 Å². The highest BCUT2D eigenvalue weighted by Gasteiger charge is 2.53. The number of imidazole rings is 2. The summed E-state index contributed by atoms with van der Waals surface area (Å²) in [5, 5.41) is 11.1. The lowest BCUT2D eigenvalue weighted by Gasteiger charge is -2.27. The molecule has 2 bridgehead atoms. The molecule has 0 aromatic carbocycles. The fourth-order valence-corrected chi connectivity index (χ4v) is 8.08. The molecule has 7 rings (SSSR count). The minimum absolute atomic E-state index is 0.0636. The molecule has 6 N–H and O–H groups in total. The van der Waals surface area contributed by atoms with Crippen LogP contribution in [0.25, 0.3) is 22.3 Å². The summed E-state index contributed by atoms with van der Waals surface area (Å²) in [6, 6.07) is 0. The summed E-state index contributed by atoms with van der Waals surface area (Å²) < 4.78 is 66.2. The van der Waals surface area contributed by atoms with Crippen molar-refractivity contribution in [3.8, 4) is 0 Å². The zero-order valence-corrected chi connectivity index (χ0v) is 25.5. The molecule has 4 aromatic rings. The molecule has 4 aromatic heterocycles. The van der Waals surface area contributed by atoms with Crippen LogP contribution in [0.1, 0.15) is 12.5 Å². The van der Waals surface area contributed by atoms with E-state index in [1.54, 1.807) is 0 Å². The number of halogens is 1. The number of anilines is 2. The van der Waals surface area contributed by atoms with Crippen LogP contribution < -0.4 is 11.5 Å². The third-order valence-electron chi connectivity index (χ3n) is 7.22. The molecule has 10 atom stereocenters. The number of aromatic nitrogens is 8. The second-order valence-corrected chi connectivity index (χ2v) is 15.6. The average Bonchev–Trinajstić information content (AvgIpc) is 3.73. The Balaban J connectivity index is 1.20. The Hall–Kier alpha value is -2.46. The molecule has 7 heterocycles. The number of hydrogen-bond donors (Lipinski definition) is 5. The van der Waals surface area contributed by atoms with Crippen molar-refractivity contribution in [2.75, 3.05) is 24.7 Å². The molecule has 0 aliphatic carbocycles. The van der Waals surface area contributed by atoms with Gasteiger partial charge < -0.3 is 35.5 Å². The highest BCUT2D eigenvalue weighted by molar-refractivity contribution is 8.44. The van der Waals surface area contributed by atoms with E-state index >= 15 is 4.39 Å². The van der Waals surface area contributed by atoms with Crippen molar-refractivity contribution in [2.45, 2.75) is 49.1 Å². The van der Waals surface area contributed by atoms with E-state index in [4.69, 9.17) is 50.8 Å². The molecule has 0 spiro atoms. The van der Waals surface area contributed by atoms with Gasteiger partial charge in [0.05, 0.1) is 25.9 Å². The summed E-state index contributed by atoms with van der Waals surface area (Å²) in [6.45, 7) is -9.72. The van der Waals surface area contributed by atoms with Gasteiger partial charge in [0, 0.05) is 0 Å². The smallest absolute Gasteiger partial charge is 0.386 e. The number of nitrogens with two attached hydrogens (primary N) is 2. The molecule has 2 unspecified atom stereocenters. The Labute approximate surface area is 256 Å². The van der Waals surface area contributed by atoms with E-state index in [0.29, 0.717) is 0 Å². The standard InChI is InChI=1S/C20H23FN10O9P2S2/c21-9-13-8(38-19(9)30-5-28-10-15(22)24-3-26-17(10)30)2-36-42(34,44)40-14-12(32)7(1-35-41(33,43)39-13)37-20(14)31-6-29-11-16(23)25-4-27-18(11)31/h3-9,12-14,19-20,32H,1-2H2,(H,33,43)(H,34,44)(H2,22,24,26)(H2,23,25,27)/t7-,8-,9-,12-,13-,14-,19-,20-,41?,42?/m1/s1. The van der Waals surface area contributed by atoms with Crippen molar-refractivity contribution in [1.82, 2.24) is 39.0 Å². The van der Waals surface area contributed by atoms with Gasteiger partial charge in [0.15, 0.2) is 41.6 Å². The average molecular weight is 693 g/mol. The zero-order chi connectivity index (χ0) is 31.0. The lowest BCUT2D eigenvalue weighted by atomic mass is 10.1. The number of aliphatic hydroxyl groups excluding tert-OH is 1. The van der Waals surface area contributed by atoms with Crippen LogP contribution in [0.4, 0.5) is 16.0 Å². The number of nitrogen functional groups attached to an aromatic ring is 2. The van der Waals surface area contributed by atoms with Gasteiger partial charge in [-0.3, -0.25) is 22.7 Å². The number of hydrogen-bond acceptors (Lipinski definition) is 17. The lowest BCUT2D eigenvalue weighted by molar-refractivity contribution is -0.0584. The highest BCUT2D eigenvalue weighted by Crippen LogP contribution is 2.58.